The Morgan fingerprint density at radius 2 is 2.06 bits per heavy atom. The van der Waals surface area contributed by atoms with E-state index >= 15 is 0 Å². The minimum atomic E-state index is -1.53. The Hall–Kier alpha value is -2.35. The second-order valence-corrected chi connectivity index (χ2v) is 3.62. The highest BCUT2D eigenvalue weighted by Gasteiger charge is 2.06. The first-order valence-corrected chi connectivity index (χ1v) is 5.29. The van der Waals surface area contributed by atoms with Crippen molar-refractivity contribution in [1.82, 2.24) is 0 Å². The smallest absolute Gasteiger partial charge is 0.316 e. The molecular formula is C13H12FNO3. The Labute approximate surface area is 104 Å². The van der Waals surface area contributed by atoms with Crippen LogP contribution in [0.15, 0.2) is 35.6 Å². The number of carboxylic acid groups (broad SMARTS) is 1. The maximum atomic E-state index is 12.6. The van der Waals surface area contributed by atoms with Crippen LogP contribution < -0.4 is 5.11 Å². The Kier molecular flexibility index (Phi) is 4.88. The number of benzene rings is 1. The number of nitrogens with zero attached hydrogens (tertiary/aromatic N) is 1. The van der Waals surface area contributed by atoms with Crippen LogP contribution in [0.4, 0.5) is 4.39 Å². The minimum absolute atomic E-state index is 0.287. The molecule has 4 nitrogen and oxygen atoms in total. The number of carbonyl (C=O) groups is 1. The van der Waals surface area contributed by atoms with E-state index in [0.29, 0.717) is 6.42 Å². The highest BCUT2D eigenvalue weighted by atomic mass is 19.1. The predicted molar refractivity (Wildman–Crippen MR) is 62.6 cm³/mol. The Balaban J connectivity index is 2.60. The first kappa shape index (κ1) is 13.7. The van der Waals surface area contributed by atoms with Crippen molar-refractivity contribution in [3.8, 4) is 6.07 Å². The Bertz CT molecular complexity index is 519. The maximum absolute atomic E-state index is 12.6. The third kappa shape index (κ3) is 4.26. The average Bonchev–Trinajstić information content (AvgIpc) is 2.30. The average molecular weight is 249 g/mol. The number of halogens is 1. The summed E-state index contributed by atoms with van der Waals surface area (Å²) in [5.41, 5.74) is 0.413. The van der Waals surface area contributed by atoms with Crippen LogP contribution in [0.2, 0.25) is 0 Å². The topological polar surface area (TPSA) is 64.7 Å². The normalized spacial score (nSPS) is 11.2. The van der Waals surface area contributed by atoms with Gasteiger partial charge in [0.15, 0.2) is 5.57 Å². The van der Waals surface area contributed by atoms with Gasteiger partial charge in [-0.2, -0.15) is 0 Å². The lowest BCUT2D eigenvalue weighted by Gasteiger charge is -1.96. The summed E-state index contributed by atoms with van der Waals surface area (Å²) in [4.78, 5) is 14.3. The van der Waals surface area contributed by atoms with Crippen LogP contribution in [-0.2, 0) is 11.2 Å². The number of allylic oxidation sites excluding steroid dienone is 1. The molecule has 0 aromatic heterocycles. The predicted octanol–water partition coefficient (Wildman–Crippen LogP) is 1.28. The molecule has 0 aliphatic carbocycles. The fraction of sp³-hybridized carbons (Fsp3) is 0.231. The van der Waals surface area contributed by atoms with Gasteiger partial charge in [-0.25, -0.2) is 4.39 Å². The van der Waals surface area contributed by atoms with E-state index in [9.17, 15) is 14.3 Å². The maximum Gasteiger partial charge on any atom is 0.316 e. The fourth-order valence-electron chi connectivity index (χ4n) is 1.25. The van der Waals surface area contributed by atoms with Crippen LogP contribution >= 0.6 is 0 Å². The summed E-state index contributed by atoms with van der Waals surface area (Å²) in [5, 5.41) is 19.6. The molecule has 1 rings (SSSR count). The molecule has 0 aliphatic rings. The van der Waals surface area contributed by atoms with Gasteiger partial charge < -0.3 is 15.0 Å². The number of carbonyl (C=O) groups excluding carboxylic acids is 1. The van der Waals surface area contributed by atoms with E-state index in [1.54, 1.807) is 12.1 Å². The number of hydrogen-bond acceptors (Lipinski definition) is 3. The van der Waals surface area contributed by atoms with Gasteiger partial charge in [0.2, 0.25) is 0 Å². The summed E-state index contributed by atoms with van der Waals surface area (Å²) in [6.07, 6.45) is 0.526. The number of hydrogen-bond donors (Lipinski definition) is 1. The monoisotopic (exact) mass is 249 g/mol. The summed E-state index contributed by atoms with van der Waals surface area (Å²) < 4.78 is 12.6. The molecular weight excluding hydrogens is 237 g/mol. The van der Waals surface area contributed by atoms with Crippen LogP contribution in [0, 0.1) is 11.9 Å². The fourth-order valence-corrected chi connectivity index (χ4v) is 1.25. The zero-order chi connectivity index (χ0) is 13.5. The SMILES string of the molecule is C/C(O)=C(\C#[N+]CCc1ccc(F)cc1)C(=O)[O-]. The van der Waals surface area contributed by atoms with E-state index in [4.69, 9.17) is 5.11 Å². The van der Waals surface area contributed by atoms with Crippen LogP contribution in [-0.4, -0.2) is 17.6 Å². The molecule has 0 unspecified atom stereocenters. The van der Waals surface area contributed by atoms with Crippen molar-refractivity contribution in [2.75, 3.05) is 6.54 Å². The summed E-state index contributed by atoms with van der Waals surface area (Å²) in [6.45, 7) is 1.50. The lowest BCUT2D eigenvalue weighted by atomic mass is 10.1. The number of aliphatic carboxylic acids is 1. The van der Waals surface area contributed by atoms with E-state index in [1.165, 1.54) is 19.1 Å². The molecule has 1 N–H and O–H groups in total. The van der Waals surface area contributed by atoms with Crippen molar-refractivity contribution in [3.63, 3.8) is 0 Å². The number of rotatable bonds is 3. The summed E-state index contributed by atoms with van der Waals surface area (Å²) in [7, 11) is 0. The minimum Gasteiger partial charge on any atom is -0.544 e. The molecule has 0 fully saturated rings. The summed E-state index contributed by atoms with van der Waals surface area (Å²) in [5.74, 6) is -2.24. The molecule has 94 valence electrons. The van der Waals surface area contributed by atoms with Gasteiger partial charge in [-0.1, -0.05) is 17.0 Å². The van der Waals surface area contributed by atoms with Crippen LogP contribution in [0.5, 0.6) is 0 Å². The molecule has 0 saturated heterocycles. The van der Waals surface area contributed by atoms with Crippen LogP contribution in [0.25, 0.3) is 4.85 Å². The van der Waals surface area contributed by atoms with Gasteiger partial charge in [0.05, 0.1) is 5.97 Å². The molecule has 5 heteroatoms. The zero-order valence-electron chi connectivity index (χ0n) is 9.81. The molecule has 0 aliphatic heterocycles. The summed E-state index contributed by atoms with van der Waals surface area (Å²) >= 11 is 0. The van der Waals surface area contributed by atoms with E-state index < -0.39 is 17.3 Å². The zero-order valence-corrected chi connectivity index (χ0v) is 9.81. The molecule has 0 spiro atoms. The quantitative estimate of drug-likeness (QED) is 0.498. The lowest BCUT2D eigenvalue weighted by molar-refractivity contribution is -0.298. The number of aliphatic hydroxyl groups is 1. The molecule has 0 amide bonds. The van der Waals surface area contributed by atoms with E-state index in [2.05, 4.69) is 10.9 Å². The van der Waals surface area contributed by atoms with Gasteiger partial charge in [-0.05, 0) is 24.6 Å². The molecule has 1 aromatic carbocycles. The number of carboxylic acids is 1. The molecule has 0 atom stereocenters. The highest BCUT2D eigenvalue weighted by molar-refractivity contribution is 5.90. The van der Waals surface area contributed by atoms with Crippen molar-refractivity contribution >= 4 is 5.97 Å². The van der Waals surface area contributed by atoms with Gasteiger partial charge in [0.1, 0.15) is 11.6 Å². The third-order valence-corrected chi connectivity index (χ3v) is 2.18. The second-order valence-electron chi connectivity index (χ2n) is 3.62. The van der Waals surface area contributed by atoms with Crippen molar-refractivity contribution in [1.29, 1.82) is 0 Å². The van der Waals surface area contributed by atoms with Gasteiger partial charge >= 0.3 is 6.07 Å². The highest BCUT2D eigenvalue weighted by Crippen LogP contribution is 2.04. The van der Waals surface area contributed by atoms with Crippen molar-refractivity contribution < 1.29 is 19.4 Å². The molecule has 0 bridgehead atoms. The van der Waals surface area contributed by atoms with Gasteiger partial charge in [-0.15, -0.1) is 0 Å². The van der Waals surface area contributed by atoms with E-state index in [-0.39, 0.29) is 12.4 Å². The van der Waals surface area contributed by atoms with E-state index in [0.717, 1.165) is 5.56 Å². The molecule has 0 saturated carbocycles. The van der Waals surface area contributed by atoms with Gasteiger partial charge in [-0.3, -0.25) is 0 Å². The molecule has 1 aromatic rings. The van der Waals surface area contributed by atoms with Crippen molar-refractivity contribution in [3.05, 3.63) is 51.8 Å². The van der Waals surface area contributed by atoms with Crippen LogP contribution in [0.3, 0.4) is 0 Å². The standard InChI is InChI=1S/C13H12FNO3/c1-9(16)12(13(17)18)8-15-7-6-10-2-4-11(14)5-3-10/h2-5H,6-7H2,1H3,(H,17,18). The van der Waals surface area contributed by atoms with Gasteiger partial charge in [0.25, 0.3) is 6.54 Å². The second kappa shape index (κ2) is 6.40. The lowest BCUT2D eigenvalue weighted by Crippen LogP contribution is -2.24. The Morgan fingerprint density at radius 3 is 2.56 bits per heavy atom. The Morgan fingerprint density at radius 1 is 1.44 bits per heavy atom. The van der Waals surface area contributed by atoms with Crippen molar-refractivity contribution in [2.24, 2.45) is 0 Å². The first-order valence-electron chi connectivity index (χ1n) is 5.29. The number of aliphatic hydroxyl groups excluding tert-OH is 1. The van der Waals surface area contributed by atoms with Crippen LogP contribution in [0.1, 0.15) is 12.5 Å². The largest absolute Gasteiger partial charge is 0.544 e. The molecule has 18 heavy (non-hydrogen) atoms. The molecule has 0 radical (unpaired) electrons. The molecule has 0 heterocycles. The summed E-state index contributed by atoms with van der Waals surface area (Å²) in [6, 6.07) is 8.14. The van der Waals surface area contributed by atoms with E-state index in [1.807, 2.05) is 0 Å². The first-order chi connectivity index (χ1) is 8.50. The van der Waals surface area contributed by atoms with Crippen molar-refractivity contribution in [2.45, 2.75) is 13.3 Å². The van der Waals surface area contributed by atoms with Gasteiger partial charge in [0, 0.05) is 6.42 Å². The third-order valence-electron chi connectivity index (χ3n) is 2.18.